The molecule has 0 radical (unpaired) electrons. The summed E-state index contributed by atoms with van der Waals surface area (Å²) in [6.45, 7) is 32.7. The zero-order chi connectivity index (χ0) is 71.1. The number of hydrogen-bond acceptors (Lipinski definition) is 9. The number of halogens is 2. The van der Waals surface area contributed by atoms with E-state index >= 15 is 0 Å². The molecule has 6 N–H and O–H groups in total. The Morgan fingerprint density at radius 2 is 0.727 bits per heavy atom. The number of ether oxygens (including phenoxy) is 2. The fraction of sp³-hybridized carbons (Fsp3) is 0.500. The lowest BCUT2D eigenvalue weighted by molar-refractivity contribution is -0.148. The molecule has 12 rings (SSSR count). The second kappa shape index (κ2) is 31.1. The summed E-state index contributed by atoms with van der Waals surface area (Å²) in [7, 11) is 1.76. The Labute approximate surface area is 598 Å². The third-order valence-electron chi connectivity index (χ3n) is 20.9. The number of esters is 2. The molecular formula is C84H115ClFN3O10. The van der Waals surface area contributed by atoms with Crippen LogP contribution in [0.25, 0.3) is 0 Å². The van der Waals surface area contributed by atoms with Crippen molar-refractivity contribution in [1.82, 2.24) is 10.6 Å². The van der Waals surface area contributed by atoms with Crippen LogP contribution in [0, 0.1) is 0 Å². The Balaban J connectivity index is 0.000000287. The zero-order valence-corrected chi connectivity index (χ0v) is 60.4. The van der Waals surface area contributed by atoms with Gasteiger partial charge in [0.2, 0.25) is 0 Å². The minimum absolute atomic E-state index is 0. The lowest BCUT2D eigenvalue weighted by Crippen LogP contribution is -2.56. The lowest BCUT2D eigenvalue weighted by atomic mass is 9.79. The molecule has 0 saturated carbocycles. The molecule has 2 amide bonds. The van der Waals surface area contributed by atoms with Gasteiger partial charge in [-0.25, -0.2) is 14.4 Å². The standard InChI is InChI=1S/C27H33NO3.C26H31NO3.C16H22O2.C11H13NO2.CH3F.3CH4.ClH/c1-25(2,3)19-13-21(20-11-12-26(4,5)22(20)14-19)23(29)28-27(24(30)31-6)15-17-9-7-8-10-18(17)16-27;1-24(2,3)18-12-20(19-10-11-25(4,5)21(19)13-18)22(28)27-26(23(29)30)14-16-8-6-7-9-17(16)15-26;1-15(2,3)10-8-12(14(17)18)11-6-7-16(4,5)13(11)9-10;1-14-10(13)11(12)6-8-4-2-3-5-9(8)7-11;1-2;;;;/h7-10,13-14H,11-12,15-16H2,1-6H3,(H,28,29);6-9,12-13H,10-11,14-15H2,1-5H3,(H,27,28)(H,29,30);8-9H,6-7H2,1-5H3,(H,17,18);2-5H,6-7,12H2,1H3;1H3;3*1H4;1H/i;;;;1D;;;;. The number of hydrogen-bond donors (Lipinski definition) is 5. The van der Waals surface area contributed by atoms with E-state index < -0.39 is 35.7 Å². The maximum atomic E-state index is 13.7. The fourth-order valence-corrected chi connectivity index (χ4v) is 14.8. The van der Waals surface area contributed by atoms with Crippen LogP contribution in [0.3, 0.4) is 0 Å². The van der Waals surface area contributed by atoms with Gasteiger partial charge in [-0.3, -0.25) is 18.8 Å². The summed E-state index contributed by atoms with van der Waals surface area (Å²) in [6.07, 6.45) is 8.35. The van der Waals surface area contributed by atoms with Crippen LogP contribution in [0.15, 0.2) is 109 Å². The van der Waals surface area contributed by atoms with E-state index in [2.05, 4.69) is 133 Å². The molecule has 540 valence electrons. The first kappa shape index (κ1) is 82.0. The Morgan fingerprint density at radius 3 is 1.00 bits per heavy atom. The Morgan fingerprint density at radius 1 is 0.465 bits per heavy atom. The average molecular weight is 1380 g/mol. The molecule has 0 aromatic heterocycles. The molecule has 99 heavy (non-hydrogen) atoms. The summed E-state index contributed by atoms with van der Waals surface area (Å²) in [5, 5.41) is 25.6. The predicted octanol–water partition coefficient (Wildman–Crippen LogP) is 16.7. The highest BCUT2D eigenvalue weighted by molar-refractivity contribution is 6.02. The van der Waals surface area contributed by atoms with Crippen LogP contribution in [0.4, 0.5) is 4.39 Å². The zero-order valence-electron chi connectivity index (χ0n) is 60.6. The highest BCUT2D eigenvalue weighted by Crippen LogP contribution is 2.46. The van der Waals surface area contributed by atoms with E-state index in [1.807, 2.05) is 91.0 Å². The van der Waals surface area contributed by atoms with Gasteiger partial charge in [-0.1, -0.05) is 217 Å². The van der Waals surface area contributed by atoms with Crippen molar-refractivity contribution in [1.29, 1.82) is 0 Å². The van der Waals surface area contributed by atoms with Gasteiger partial charge in [-0.2, -0.15) is 0 Å². The molecule has 0 heterocycles. The van der Waals surface area contributed by atoms with E-state index in [0.717, 1.165) is 105 Å². The van der Waals surface area contributed by atoms with E-state index in [4.69, 9.17) is 16.6 Å². The van der Waals surface area contributed by atoms with Crippen molar-refractivity contribution in [2.75, 3.05) is 21.4 Å². The Kier molecular flexibility index (Phi) is 25.7. The lowest BCUT2D eigenvalue weighted by Gasteiger charge is -2.29. The number of methoxy groups -OCH3 is 2. The van der Waals surface area contributed by atoms with Crippen LogP contribution in [0.1, 0.15) is 261 Å². The molecule has 15 heteroatoms. The monoisotopic (exact) mass is 1380 g/mol. The number of amides is 2. The first-order chi connectivity index (χ1) is 44.6. The maximum Gasteiger partial charge on any atom is 0.335 e. The second-order valence-electron chi connectivity index (χ2n) is 32.2. The van der Waals surface area contributed by atoms with Crippen molar-refractivity contribution in [3.8, 4) is 0 Å². The molecule has 6 aliphatic carbocycles. The smallest absolute Gasteiger partial charge is 0.335 e. The minimum atomic E-state index is -1.29. The van der Waals surface area contributed by atoms with E-state index in [1.165, 1.54) is 30.9 Å². The van der Waals surface area contributed by atoms with Crippen LogP contribution in [0.2, 0.25) is 0 Å². The molecule has 0 unspecified atom stereocenters. The van der Waals surface area contributed by atoms with Crippen molar-refractivity contribution in [3.05, 3.63) is 209 Å². The summed E-state index contributed by atoms with van der Waals surface area (Å²) in [6, 6.07) is 36.3. The van der Waals surface area contributed by atoms with E-state index in [1.54, 1.807) is 0 Å². The van der Waals surface area contributed by atoms with E-state index in [9.17, 15) is 43.4 Å². The summed E-state index contributed by atoms with van der Waals surface area (Å²) in [5.41, 5.74) is 21.4. The number of carbonyl (C=O) groups excluding carboxylic acids is 4. The minimum Gasteiger partial charge on any atom is -0.479 e. The number of fused-ring (bicyclic) bond motifs is 6. The molecule has 6 aliphatic rings. The van der Waals surface area contributed by atoms with Gasteiger partial charge in [-0.05, 0) is 173 Å². The predicted molar refractivity (Wildman–Crippen MR) is 401 cm³/mol. The maximum absolute atomic E-state index is 13.7. The quantitative estimate of drug-likeness (QED) is 0.0905. The number of carbonyl (C=O) groups is 6. The van der Waals surface area contributed by atoms with Crippen LogP contribution in [0.5, 0.6) is 0 Å². The van der Waals surface area contributed by atoms with Gasteiger partial charge in [0.1, 0.15) is 16.6 Å². The number of rotatable bonds is 8. The van der Waals surface area contributed by atoms with Crippen LogP contribution < -0.4 is 16.4 Å². The number of nitrogens with two attached hydrogens (primary N) is 1. The number of aliphatic carboxylic acids is 1. The SMILES string of the molecule is C.C.C.CC(C)(C)c1cc(C(=O)NC2(C(=O)O)Cc3ccccc3C2)c2c(c1)C(C)(C)CC2.CC(C)(C)c1cc(C(=O)O)c2c(c1)C(C)(C)CC2.COC(=O)C1(N)Cc2ccccc2C1.COC(=O)C1(NC(=O)c2cc(C(C)(C)C)cc3c2CCC3(C)C)Cc2ccccc2C1.Cl.[2H]CF. The number of carboxylic acid groups (broad SMARTS) is 2. The number of benzene rings is 6. The first-order valence-corrected chi connectivity index (χ1v) is 33.3. The number of nitrogens with one attached hydrogen (secondary N) is 2. The van der Waals surface area contributed by atoms with Gasteiger partial charge in [0.05, 0.1) is 28.3 Å². The molecular weight excluding hydrogens is 1270 g/mol. The Bertz CT molecular complexity index is 3920. The number of carboxylic acids is 2. The van der Waals surface area contributed by atoms with Crippen molar-refractivity contribution in [3.63, 3.8) is 0 Å². The van der Waals surface area contributed by atoms with Gasteiger partial charge in [0, 0.05) is 49.7 Å². The topological polar surface area (TPSA) is 211 Å². The molecule has 13 nitrogen and oxygen atoms in total. The highest BCUT2D eigenvalue weighted by Gasteiger charge is 2.49. The van der Waals surface area contributed by atoms with Gasteiger partial charge in [0.25, 0.3) is 11.8 Å². The van der Waals surface area contributed by atoms with Crippen LogP contribution in [-0.4, -0.2) is 83.9 Å². The van der Waals surface area contributed by atoms with Crippen molar-refractivity contribution < 1.29 is 54.2 Å². The number of alkyl halides is 1. The Hall–Kier alpha value is -7.68. The summed E-state index contributed by atoms with van der Waals surface area (Å²) in [5.74, 6) is -2.94. The van der Waals surface area contributed by atoms with Gasteiger partial charge < -0.3 is 36.1 Å². The molecule has 6 aromatic carbocycles. The van der Waals surface area contributed by atoms with E-state index in [-0.39, 0.29) is 90.9 Å². The molecule has 0 fully saturated rings. The molecule has 0 spiro atoms. The largest absolute Gasteiger partial charge is 0.479 e. The number of aromatic carboxylic acids is 1. The molecule has 0 bridgehead atoms. The molecule has 0 aliphatic heterocycles. The highest BCUT2D eigenvalue weighted by atomic mass is 35.5. The van der Waals surface area contributed by atoms with Crippen LogP contribution >= 0.6 is 12.4 Å². The van der Waals surface area contributed by atoms with Crippen molar-refractivity contribution in [2.45, 2.75) is 252 Å². The summed E-state index contributed by atoms with van der Waals surface area (Å²) < 4.78 is 25.4. The van der Waals surface area contributed by atoms with Gasteiger partial charge in [-0.15, -0.1) is 12.4 Å². The molecule has 0 saturated heterocycles. The van der Waals surface area contributed by atoms with Gasteiger partial charge in [0.15, 0.2) is 0 Å². The third kappa shape index (κ3) is 17.4. The van der Waals surface area contributed by atoms with Crippen LogP contribution in [-0.2, 0) is 114 Å². The van der Waals surface area contributed by atoms with E-state index in [0.29, 0.717) is 55.2 Å². The average Bonchev–Trinajstić information content (AvgIpc) is 1.56. The molecule has 6 aromatic rings. The normalized spacial score (nSPS) is 17.2. The first-order valence-electron chi connectivity index (χ1n) is 34.0. The molecule has 0 atom stereocenters. The van der Waals surface area contributed by atoms with Crippen molar-refractivity contribution >= 4 is 48.1 Å². The fourth-order valence-electron chi connectivity index (χ4n) is 14.8. The summed E-state index contributed by atoms with van der Waals surface area (Å²) in [4.78, 5) is 75.4. The van der Waals surface area contributed by atoms with Gasteiger partial charge >= 0.3 is 23.9 Å². The summed E-state index contributed by atoms with van der Waals surface area (Å²) >= 11 is 0. The van der Waals surface area contributed by atoms with Crippen molar-refractivity contribution in [2.24, 2.45) is 5.73 Å². The second-order valence-corrected chi connectivity index (χ2v) is 32.2. The third-order valence-corrected chi connectivity index (χ3v) is 20.9.